The Kier molecular flexibility index (Phi) is 5.12. The summed E-state index contributed by atoms with van der Waals surface area (Å²) in [4.78, 5) is 0. The molecule has 0 aromatic heterocycles. The first-order valence-electron chi connectivity index (χ1n) is 13.2. The number of hydrogen-bond donors (Lipinski definition) is 0. The van der Waals surface area contributed by atoms with E-state index in [9.17, 15) is 0 Å². The van der Waals surface area contributed by atoms with E-state index >= 15 is 0 Å². The highest BCUT2D eigenvalue weighted by molar-refractivity contribution is 5.30. The minimum absolute atomic E-state index is 0.0407. The first-order chi connectivity index (χ1) is 15.4. The summed E-state index contributed by atoms with van der Waals surface area (Å²) in [6, 6.07) is 0. The predicted octanol–water partition coefficient (Wildman–Crippen LogP) is 5.61. The third-order valence-electron chi connectivity index (χ3n) is 10.7. The summed E-state index contributed by atoms with van der Waals surface area (Å²) in [6.45, 7) is 7.28. The Balaban J connectivity index is 1.26. The normalized spacial score (nSPS) is 49.6. The van der Waals surface area contributed by atoms with Gasteiger partial charge in [0.05, 0.1) is 13.2 Å². The lowest BCUT2D eigenvalue weighted by Gasteiger charge is -2.59. The second-order valence-corrected chi connectivity index (χ2v) is 11.9. The summed E-state index contributed by atoms with van der Waals surface area (Å²) in [5.74, 6) is 4.94. The predicted molar refractivity (Wildman–Crippen MR) is 123 cm³/mol. The van der Waals surface area contributed by atoms with Gasteiger partial charge in [0.15, 0.2) is 12.1 Å². The van der Waals surface area contributed by atoms with Gasteiger partial charge in [0.25, 0.3) is 0 Å². The molecule has 2 saturated heterocycles. The van der Waals surface area contributed by atoms with Gasteiger partial charge in [0.1, 0.15) is 5.60 Å². The van der Waals surface area contributed by atoms with E-state index in [0.29, 0.717) is 11.8 Å². The first-order valence-corrected chi connectivity index (χ1v) is 13.2. The van der Waals surface area contributed by atoms with Crippen LogP contribution >= 0.6 is 0 Å². The number of allylic oxidation sites excluding steroid dienone is 1. The SMILES string of the molecule is C#CC1(OC2CCCCO2)CCC2C3CC=C4CC5(CC[C@]4(C)C3CC[C@@]21C)OCCO5. The molecule has 5 unspecified atom stereocenters. The molecule has 176 valence electrons. The fraction of sp³-hybridized carbons (Fsp3) is 0.857. The molecule has 0 N–H and O–H groups in total. The molecule has 4 nitrogen and oxygen atoms in total. The summed E-state index contributed by atoms with van der Waals surface area (Å²) in [6.07, 6.45) is 20.9. The van der Waals surface area contributed by atoms with Crippen LogP contribution in [0.4, 0.5) is 0 Å². The summed E-state index contributed by atoms with van der Waals surface area (Å²) in [7, 11) is 0. The van der Waals surface area contributed by atoms with Crippen molar-refractivity contribution < 1.29 is 18.9 Å². The minimum atomic E-state index is -0.475. The molecule has 2 aliphatic heterocycles. The van der Waals surface area contributed by atoms with Crippen molar-refractivity contribution in [2.75, 3.05) is 19.8 Å². The highest BCUT2D eigenvalue weighted by Crippen LogP contribution is 2.68. The Morgan fingerprint density at radius 2 is 1.78 bits per heavy atom. The molecule has 0 aromatic carbocycles. The van der Waals surface area contributed by atoms with Crippen LogP contribution in [0.25, 0.3) is 0 Å². The van der Waals surface area contributed by atoms with Crippen molar-refractivity contribution in [1.82, 2.24) is 0 Å². The number of rotatable bonds is 2. The molecule has 7 atom stereocenters. The van der Waals surface area contributed by atoms with Gasteiger partial charge in [-0.2, -0.15) is 0 Å². The van der Waals surface area contributed by atoms with Crippen LogP contribution < -0.4 is 0 Å². The molecule has 5 fully saturated rings. The van der Waals surface area contributed by atoms with Gasteiger partial charge in [-0.25, -0.2) is 0 Å². The molecule has 4 heteroatoms. The van der Waals surface area contributed by atoms with Crippen LogP contribution in [-0.4, -0.2) is 37.5 Å². The maximum atomic E-state index is 6.73. The Hall–Kier alpha value is -0.860. The second-order valence-electron chi connectivity index (χ2n) is 11.9. The van der Waals surface area contributed by atoms with Crippen molar-refractivity contribution >= 4 is 0 Å². The average Bonchev–Trinajstić information content (AvgIpc) is 3.38. The quantitative estimate of drug-likeness (QED) is 0.413. The van der Waals surface area contributed by atoms with Crippen LogP contribution in [0.15, 0.2) is 11.6 Å². The highest BCUT2D eigenvalue weighted by Gasteiger charge is 2.65. The molecule has 0 amide bonds. The van der Waals surface area contributed by atoms with Gasteiger partial charge in [-0.05, 0) is 81.0 Å². The zero-order chi connectivity index (χ0) is 22.0. The maximum Gasteiger partial charge on any atom is 0.172 e. The number of ether oxygens (including phenoxy) is 4. The number of hydrogen-bond acceptors (Lipinski definition) is 4. The molecule has 4 aliphatic carbocycles. The van der Waals surface area contributed by atoms with Gasteiger partial charge in [-0.1, -0.05) is 31.4 Å². The monoisotopic (exact) mass is 440 g/mol. The lowest BCUT2D eigenvalue weighted by atomic mass is 9.46. The molecule has 3 saturated carbocycles. The fourth-order valence-electron chi connectivity index (χ4n) is 8.84. The molecule has 32 heavy (non-hydrogen) atoms. The van der Waals surface area contributed by atoms with E-state index in [4.69, 9.17) is 25.4 Å². The lowest BCUT2D eigenvalue weighted by molar-refractivity contribution is -0.242. The van der Waals surface area contributed by atoms with Gasteiger partial charge in [-0.3, -0.25) is 0 Å². The molecule has 0 aromatic rings. The van der Waals surface area contributed by atoms with Gasteiger partial charge in [0.2, 0.25) is 0 Å². The Bertz CT molecular complexity index is 816. The molecular formula is C28H40O4. The van der Waals surface area contributed by atoms with E-state index in [0.717, 1.165) is 64.3 Å². The topological polar surface area (TPSA) is 36.9 Å². The number of fused-ring (bicyclic) bond motifs is 5. The van der Waals surface area contributed by atoms with Crippen LogP contribution in [0.5, 0.6) is 0 Å². The zero-order valence-electron chi connectivity index (χ0n) is 20.0. The van der Waals surface area contributed by atoms with Gasteiger partial charge in [-0.15, -0.1) is 6.42 Å². The Labute approximate surface area is 193 Å². The van der Waals surface area contributed by atoms with Crippen molar-refractivity contribution in [2.45, 2.75) is 102 Å². The van der Waals surface area contributed by atoms with Crippen molar-refractivity contribution in [2.24, 2.45) is 28.6 Å². The fourth-order valence-corrected chi connectivity index (χ4v) is 8.84. The molecule has 0 radical (unpaired) electrons. The standard InChI is InChI=1S/C28H40O4/c1-4-27(32-24-7-5-6-16-29-24)13-11-23-21-9-8-20-19-28(30-17-18-31-28)15-14-25(20,2)22(21)10-12-26(23,27)3/h1,8,21-24H,5-7,9-19H2,2-3H3/t21?,22?,23?,24?,25-,26-,27?/m0/s1. The van der Waals surface area contributed by atoms with Crippen LogP contribution in [0.1, 0.15) is 84.5 Å². The molecular weight excluding hydrogens is 400 g/mol. The van der Waals surface area contributed by atoms with Crippen LogP contribution in [0.3, 0.4) is 0 Å². The van der Waals surface area contributed by atoms with Crippen LogP contribution in [-0.2, 0) is 18.9 Å². The minimum Gasteiger partial charge on any atom is -0.353 e. The van der Waals surface area contributed by atoms with Crippen LogP contribution in [0.2, 0.25) is 0 Å². The van der Waals surface area contributed by atoms with Gasteiger partial charge >= 0.3 is 0 Å². The smallest absolute Gasteiger partial charge is 0.172 e. The van der Waals surface area contributed by atoms with Crippen molar-refractivity contribution in [3.8, 4) is 12.3 Å². The van der Waals surface area contributed by atoms with E-state index in [-0.39, 0.29) is 22.9 Å². The van der Waals surface area contributed by atoms with Crippen molar-refractivity contribution in [3.05, 3.63) is 11.6 Å². The lowest BCUT2D eigenvalue weighted by Crippen LogP contribution is -2.56. The van der Waals surface area contributed by atoms with E-state index < -0.39 is 5.60 Å². The summed E-state index contributed by atoms with van der Waals surface area (Å²) < 4.78 is 24.9. The number of terminal acetylenes is 1. The van der Waals surface area contributed by atoms with Gasteiger partial charge < -0.3 is 18.9 Å². The average molecular weight is 441 g/mol. The van der Waals surface area contributed by atoms with E-state index in [1.54, 1.807) is 5.57 Å². The summed E-state index contributed by atoms with van der Waals surface area (Å²) >= 11 is 0. The third-order valence-corrected chi connectivity index (χ3v) is 10.7. The summed E-state index contributed by atoms with van der Waals surface area (Å²) in [5.41, 5.74) is 1.44. The first kappa shape index (κ1) is 21.7. The van der Waals surface area contributed by atoms with Crippen molar-refractivity contribution in [3.63, 3.8) is 0 Å². The molecule has 6 aliphatic rings. The third kappa shape index (κ3) is 2.97. The second kappa shape index (κ2) is 7.57. The van der Waals surface area contributed by atoms with E-state index in [1.165, 1.54) is 32.1 Å². The molecule has 2 heterocycles. The Morgan fingerprint density at radius 1 is 0.969 bits per heavy atom. The van der Waals surface area contributed by atoms with Crippen LogP contribution in [0, 0.1) is 40.9 Å². The molecule has 1 spiro atoms. The van der Waals surface area contributed by atoms with Crippen molar-refractivity contribution in [1.29, 1.82) is 0 Å². The maximum absolute atomic E-state index is 6.73. The van der Waals surface area contributed by atoms with E-state index in [1.807, 2.05) is 0 Å². The van der Waals surface area contributed by atoms with E-state index in [2.05, 4.69) is 25.8 Å². The summed E-state index contributed by atoms with van der Waals surface area (Å²) in [5, 5.41) is 0. The van der Waals surface area contributed by atoms with Gasteiger partial charge in [0, 0.05) is 24.9 Å². The highest BCUT2D eigenvalue weighted by atomic mass is 16.7. The molecule has 0 bridgehead atoms. The zero-order valence-corrected chi connectivity index (χ0v) is 20.0. The Morgan fingerprint density at radius 3 is 2.53 bits per heavy atom. The molecule has 6 rings (SSSR count). The largest absolute Gasteiger partial charge is 0.353 e.